The van der Waals surface area contributed by atoms with Crippen LogP contribution in [-0.4, -0.2) is 4.57 Å². The molecule has 102 valence electrons. The zero-order valence-electron chi connectivity index (χ0n) is 11.4. The smallest absolute Gasteiger partial charge is 0.161 e. The first kappa shape index (κ1) is 14.8. The van der Waals surface area contributed by atoms with Gasteiger partial charge in [-0.05, 0) is 36.3 Å². The highest BCUT2D eigenvalue weighted by atomic mass is 35.5. The lowest BCUT2D eigenvalue weighted by atomic mass is 9.93. The van der Waals surface area contributed by atoms with E-state index < -0.39 is 0 Å². The number of aromatic nitrogens is 1. The minimum atomic E-state index is 0.132. The summed E-state index contributed by atoms with van der Waals surface area (Å²) in [6.07, 6.45) is 0.977. The van der Waals surface area contributed by atoms with Crippen LogP contribution in [0.15, 0.2) is 29.6 Å². The van der Waals surface area contributed by atoms with Crippen molar-refractivity contribution in [2.45, 2.75) is 39.2 Å². The molecule has 0 atom stereocenters. The van der Waals surface area contributed by atoms with Crippen LogP contribution in [0.1, 0.15) is 32.0 Å². The van der Waals surface area contributed by atoms with Gasteiger partial charge >= 0.3 is 0 Å². The topological polar surface area (TPSA) is 4.93 Å². The van der Waals surface area contributed by atoms with E-state index in [4.69, 9.17) is 23.8 Å². The molecular formula is C15H18ClNS2. The van der Waals surface area contributed by atoms with E-state index in [9.17, 15) is 0 Å². The van der Waals surface area contributed by atoms with Gasteiger partial charge in [0.1, 0.15) is 0 Å². The Morgan fingerprint density at radius 2 is 1.84 bits per heavy atom. The van der Waals surface area contributed by atoms with Gasteiger partial charge in [0.25, 0.3) is 0 Å². The van der Waals surface area contributed by atoms with Gasteiger partial charge in [-0.25, -0.2) is 0 Å². The quantitative estimate of drug-likeness (QED) is 0.680. The number of rotatable bonds is 3. The third-order valence-corrected chi connectivity index (χ3v) is 4.61. The van der Waals surface area contributed by atoms with Crippen LogP contribution in [0.25, 0.3) is 0 Å². The van der Waals surface area contributed by atoms with Crippen molar-refractivity contribution in [1.82, 2.24) is 4.57 Å². The highest BCUT2D eigenvalue weighted by Crippen LogP contribution is 2.26. The Kier molecular flexibility index (Phi) is 4.49. The van der Waals surface area contributed by atoms with Crippen molar-refractivity contribution in [2.75, 3.05) is 0 Å². The van der Waals surface area contributed by atoms with Gasteiger partial charge in [-0.15, -0.1) is 11.3 Å². The van der Waals surface area contributed by atoms with Crippen molar-refractivity contribution < 1.29 is 0 Å². The van der Waals surface area contributed by atoms with Crippen LogP contribution in [-0.2, 0) is 18.4 Å². The van der Waals surface area contributed by atoms with E-state index in [0.29, 0.717) is 0 Å². The summed E-state index contributed by atoms with van der Waals surface area (Å²) in [5.41, 5.74) is 2.74. The molecule has 0 radical (unpaired) electrons. The van der Waals surface area contributed by atoms with E-state index in [1.165, 1.54) is 11.3 Å². The van der Waals surface area contributed by atoms with Gasteiger partial charge in [0, 0.05) is 28.1 Å². The van der Waals surface area contributed by atoms with Gasteiger partial charge in [0.05, 0.1) is 0 Å². The maximum absolute atomic E-state index is 5.90. The predicted molar refractivity (Wildman–Crippen MR) is 87.0 cm³/mol. The summed E-state index contributed by atoms with van der Waals surface area (Å²) in [5, 5.41) is 2.97. The minimum absolute atomic E-state index is 0.132. The maximum atomic E-state index is 5.90. The normalized spacial score (nSPS) is 11.8. The fourth-order valence-corrected chi connectivity index (χ4v) is 3.49. The SMILES string of the molecule is CC(C)(C)c1csc(=S)n1CCc1ccc(Cl)cc1. The highest BCUT2D eigenvalue weighted by Gasteiger charge is 2.19. The predicted octanol–water partition coefficient (Wildman–Crippen LogP) is 5.47. The maximum Gasteiger partial charge on any atom is 0.161 e. The molecule has 2 aromatic rings. The van der Waals surface area contributed by atoms with Crippen molar-refractivity contribution in [1.29, 1.82) is 0 Å². The van der Waals surface area contributed by atoms with Crippen molar-refractivity contribution in [3.8, 4) is 0 Å². The lowest BCUT2D eigenvalue weighted by molar-refractivity contribution is 0.514. The number of halogens is 1. The molecule has 0 aliphatic carbocycles. The molecule has 0 aliphatic heterocycles. The molecule has 0 saturated heterocycles. The monoisotopic (exact) mass is 311 g/mol. The molecule has 19 heavy (non-hydrogen) atoms. The standard InChI is InChI=1S/C15H18ClNS2/c1-15(2,3)13-10-19-14(18)17(13)9-8-11-4-6-12(16)7-5-11/h4-7,10H,8-9H2,1-3H3. The van der Waals surface area contributed by atoms with Crippen LogP contribution in [0.5, 0.6) is 0 Å². The molecule has 1 aromatic carbocycles. The van der Waals surface area contributed by atoms with Crippen molar-refractivity contribution in [3.05, 3.63) is 49.9 Å². The Labute approximate surface area is 128 Å². The Bertz CT molecular complexity index is 602. The van der Waals surface area contributed by atoms with E-state index in [2.05, 4.69) is 42.9 Å². The first-order chi connectivity index (χ1) is 8.88. The van der Waals surface area contributed by atoms with Gasteiger partial charge in [0.2, 0.25) is 0 Å². The largest absolute Gasteiger partial charge is 0.326 e. The van der Waals surface area contributed by atoms with Crippen LogP contribution in [0, 0.1) is 3.95 Å². The van der Waals surface area contributed by atoms with E-state index >= 15 is 0 Å². The molecule has 1 aromatic heterocycles. The first-order valence-corrected chi connectivity index (χ1v) is 7.98. The Morgan fingerprint density at radius 3 is 2.42 bits per heavy atom. The average molecular weight is 312 g/mol. The van der Waals surface area contributed by atoms with E-state index in [0.717, 1.165) is 21.9 Å². The first-order valence-electron chi connectivity index (χ1n) is 6.31. The third kappa shape index (κ3) is 3.68. The molecule has 0 aliphatic rings. The summed E-state index contributed by atoms with van der Waals surface area (Å²) >= 11 is 13.0. The molecule has 0 N–H and O–H groups in total. The second-order valence-electron chi connectivity index (χ2n) is 5.66. The number of hydrogen-bond acceptors (Lipinski definition) is 2. The molecule has 4 heteroatoms. The van der Waals surface area contributed by atoms with Crippen molar-refractivity contribution >= 4 is 35.2 Å². The Hall–Kier alpha value is -0.640. The molecule has 0 spiro atoms. The van der Waals surface area contributed by atoms with E-state index in [1.54, 1.807) is 11.3 Å². The fraction of sp³-hybridized carbons (Fsp3) is 0.400. The molecule has 1 heterocycles. The molecule has 0 amide bonds. The van der Waals surface area contributed by atoms with Crippen LogP contribution in [0.4, 0.5) is 0 Å². The van der Waals surface area contributed by atoms with Crippen molar-refractivity contribution in [2.24, 2.45) is 0 Å². The molecule has 0 bridgehead atoms. The van der Waals surface area contributed by atoms with Gasteiger partial charge in [-0.1, -0.05) is 44.5 Å². The average Bonchev–Trinajstić information content (AvgIpc) is 2.70. The summed E-state index contributed by atoms with van der Waals surface area (Å²) in [6, 6.07) is 8.03. The second kappa shape index (κ2) is 5.78. The van der Waals surface area contributed by atoms with Crippen LogP contribution >= 0.6 is 35.2 Å². The molecular weight excluding hydrogens is 294 g/mol. The molecule has 0 fully saturated rings. The highest BCUT2D eigenvalue weighted by molar-refractivity contribution is 7.73. The Balaban J connectivity index is 2.18. The van der Waals surface area contributed by atoms with Gasteiger partial charge in [0.15, 0.2) is 3.95 Å². The molecule has 0 unspecified atom stereocenters. The van der Waals surface area contributed by atoms with Gasteiger partial charge < -0.3 is 4.57 Å². The number of thiazole rings is 1. The van der Waals surface area contributed by atoms with Crippen LogP contribution in [0.2, 0.25) is 5.02 Å². The summed E-state index contributed by atoms with van der Waals surface area (Å²) < 4.78 is 3.22. The zero-order valence-corrected chi connectivity index (χ0v) is 13.8. The van der Waals surface area contributed by atoms with Crippen LogP contribution in [0.3, 0.4) is 0 Å². The summed E-state index contributed by atoms with van der Waals surface area (Å²) in [7, 11) is 0. The molecule has 0 saturated carbocycles. The molecule has 2 rings (SSSR count). The number of aryl methyl sites for hydroxylation is 1. The van der Waals surface area contributed by atoms with E-state index in [-0.39, 0.29) is 5.41 Å². The summed E-state index contributed by atoms with van der Waals surface area (Å²) in [4.78, 5) is 0. The van der Waals surface area contributed by atoms with E-state index in [1.807, 2.05) is 12.1 Å². The number of hydrogen-bond donors (Lipinski definition) is 0. The Morgan fingerprint density at radius 1 is 1.21 bits per heavy atom. The number of nitrogens with zero attached hydrogens (tertiary/aromatic N) is 1. The lowest BCUT2D eigenvalue weighted by Crippen LogP contribution is -2.18. The van der Waals surface area contributed by atoms with Crippen LogP contribution < -0.4 is 0 Å². The summed E-state index contributed by atoms with van der Waals surface area (Å²) in [5.74, 6) is 0. The zero-order chi connectivity index (χ0) is 14.0. The lowest BCUT2D eigenvalue weighted by Gasteiger charge is -2.21. The number of benzene rings is 1. The molecule has 1 nitrogen and oxygen atoms in total. The van der Waals surface area contributed by atoms with Crippen molar-refractivity contribution in [3.63, 3.8) is 0 Å². The third-order valence-electron chi connectivity index (χ3n) is 3.09. The second-order valence-corrected chi connectivity index (χ2v) is 7.60. The van der Waals surface area contributed by atoms with Gasteiger partial charge in [-0.3, -0.25) is 0 Å². The van der Waals surface area contributed by atoms with Gasteiger partial charge in [-0.2, -0.15) is 0 Å². The fourth-order valence-electron chi connectivity index (χ4n) is 2.02. The summed E-state index contributed by atoms with van der Waals surface area (Å²) in [6.45, 7) is 7.60. The minimum Gasteiger partial charge on any atom is -0.326 e.